The van der Waals surface area contributed by atoms with Crippen LogP contribution in [0.15, 0.2) is 46.9 Å². The van der Waals surface area contributed by atoms with Crippen LogP contribution in [0.1, 0.15) is 41.6 Å². The molecule has 4 heteroatoms. The van der Waals surface area contributed by atoms with Crippen molar-refractivity contribution in [2.75, 3.05) is 13.2 Å². The molecule has 4 nitrogen and oxygen atoms in total. The van der Waals surface area contributed by atoms with Gasteiger partial charge < -0.3 is 13.9 Å². The van der Waals surface area contributed by atoms with Gasteiger partial charge in [-0.05, 0) is 30.5 Å². The summed E-state index contributed by atoms with van der Waals surface area (Å²) in [5.74, 6) is 1.20. The summed E-state index contributed by atoms with van der Waals surface area (Å²) in [6, 6.07) is 13.7. The predicted octanol–water partition coefficient (Wildman–Crippen LogP) is 4.04. The van der Waals surface area contributed by atoms with E-state index in [-0.39, 0.29) is 6.10 Å². The van der Waals surface area contributed by atoms with Crippen LogP contribution in [0.4, 0.5) is 0 Å². The standard InChI is InChI=1S/C19H24O4/c1-2-17(22-14-16-7-4-3-5-8-16)15-21-12-6-9-18-10-11-19(13-20)23-18/h3-5,7-8,10-11,13,17H,2,6,9,12,14-15H2,1H3/t17-/m1/s1. The molecule has 0 unspecified atom stereocenters. The Morgan fingerprint density at radius 3 is 2.70 bits per heavy atom. The van der Waals surface area contributed by atoms with E-state index in [0.29, 0.717) is 25.6 Å². The number of carbonyl (C=O) groups excluding carboxylic acids is 1. The second-order valence-corrected chi connectivity index (χ2v) is 5.43. The molecular formula is C19H24O4. The summed E-state index contributed by atoms with van der Waals surface area (Å²) in [5.41, 5.74) is 1.18. The van der Waals surface area contributed by atoms with Crippen LogP contribution in [0, 0.1) is 0 Å². The van der Waals surface area contributed by atoms with Gasteiger partial charge in [0.05, 0.1) is 19.3 Å². The number of hydrogen-bond acceptors (Lipinski definition) is 4. The predicted molar refractivity (Wildman–Crippen MR) is 88.5 cm³/mol. The van der Waals surface area contributed by atoms with E-state index in [1.54, 1.807) is 6.07 Å². The van der Waals surface area contributed by atoms with Gasteiger partial charge in [-0.25, -0.2) is 0 Å². The molecule has 1 heterocycles. The number of furan rings is 1. The molecule has 0 aliphatic rings. The van der Waals surface area contributed by atoms with E-state index in [0.717, 1.165) is 31.3 Å². The minimum Gasteiger partial charge on any atom is -0.458 e. The highest BCUT2D eigenvalue weighted by Crippen LogP contribution is 2.09. The maximum Gasteiger partial charge on any atom is 0.185 e. The number of rotatable bonds is 11. The van der Waals surface area contributed by atoms with Crippen LogP contribution in [0.25, 0.3) is 0 Å². The molecule has 0 saturated heterocycles. The average Bonchev–Trinajstić information content (AvgIpc) is 3.06. The van der Waals surface area contributed by atoms with E-state index < -0.39 is 0 Å². The minimum absolute atomic E-state index is 0.112. The number of carbonyl (C=O) groups is 1. The molecule has 1 atom stereocenters. The fourth-order valence-electron chi connectivity index (χ4n) is 2.23. The molecule has 0 aliphatic carbocycles. The Hall–Kier alpha value is -1.91. The third-order valence-corrected chi connectivity index (χ3v) is 3.60. The van der Waals surface area contributed by atoms with Crippen molar-refractivity contribution in [2.45, 2.75) is 38.9 Å². The van der Waals surface area contributed by atoms with E-state index in [1.807, 2.05) is 24.3 Å². The van der Waals surface area contributed by atoms with Gasteiger partial charge in [-0.1, -0.05) is 37.3 Å². The normalized spacial score (nSPS) is 12.2. The molecule has 1 aromatic heterocycles. The van der Waals surface area contributed by atoms with Crippen LogP contribution in [0.3, 0.4) is 0 Å². The molecule has 0 saturated carbocycles. The number of aldehydes is 1. The van der Waals surface area contributed by atoms with Crippen LogP contribution in [-0.4, -0.2) is 25.6 Å². The smallest absolute Gasteiger partial charge is 0.185 e. The quantitative estimate of drug-likeness (QED) is 0.464. The van der Waals surface area contributed by atoms with E-state index >= 15 is 0 Å². The third kappa shape index (κ3) is 6.38. The van der Waals surface area contributed by atoms with Crippen molar-refractivity contribution in [2.24, 2.45) is 0 Å². The van der Waals surface area contributed by atoms with Crippen molar-refractivity contribution >= 4 is 6.29 Å². The zero-order valence-corrected chi connectivity index (χ0v) is 13.6. The molecule has 2 aromatic rings. The first-order valence-electron chi connectivity index (χ1n) is 8.09. The summed E-state index contributed by atoms with van der Waals surface area (Å²) in [6.07, 6.45) is 3.39. The fraction of sp³-hybridized carbons (Fsp3) is 0.421. The molecule has 23 heavy (non-hydrogen) atoms. The largest absolute Gasteiger partial charge is 0.458 e. The van der Waals surface area contributed by atoms with E-state index in [2.05, 4.69) is 19.1 Å². The van der Waals surface area contributed by atoms with Gasteiger partial charge in [-0.15, -0.1) is 0 Å². The Kier molecular flexibility index (Phi) is 7.57. The van der Waals surface area contributed by atoms with Crippen LogP contribution in [-0.2, 0) is 22.5 Å². The number of hydrogen-bond donors (Lipinski definition) is 0. The second-order valence-electron chi connectivity index (χ2n) is 5.43. The molecule has 1 aromatic carbocycles. The first-order chi connectivity index (χ1) is 11.3. The van der Waals surface area contributed by atoms with Gasteiger partial charge in [-0.2, -0.15) is 0 Å². The highest BCUT2D eigenvalue weighted by Gasteiger charge is 2.07. The lowest BCUT2D eigenvalue weighted by Crippen LogP contribution is -2.19. The SMILES string of the molecule is CC[C@H](COCCCc1ccc(C=O)o1)OCc1ccccc1. The molecule has 0 radical (unpaired) electrons. The van der Waals surface area contributed by atoms with Gasteiger partial charge in [0.25, 0.3) is 0 Å². The van der Waals surface area contributed by atoms with Crippen molar-refractivity contribution in [1.29, 1.82) is 0 Å². The molecular weight excluding hydrogens is 292 g/mol. The first-order valence-corrected chi connectivity index (χ1v) is 8.09. The maximum absolute atomic E-state index is 10.5. The van der Waals surface area contributed by atoms with Crippen molar-refractivity contribution in [3.8, 4) is 0 Å². The lowest BCUT2D eigenvalue weighted by molar-refractivity contribution is -0.0267. The Morgan fingerprint density at radius 2 is 2.00 bits per heavy atom. The number of benzene rings is 1. The maximum atomic E-state index is 10.5. The lowest BCUT2D eigenvalue weighted by Gasteiger charge is -2.16. The molecule has 0 spiro atoms. The van der Waals surface area contributed by atoms with Gasteiger partial charge in [0.1, 0.15) is 5.76 Å². The molecule has 0 fully saturated rings. The Balaban J connectivity index is 1.59. The van der Waals surface area contributed by atoms with Gasteiger partial charge >= 0.3 is 0 Å². The Morgan fingerprint density at radius 1 is 1.17 bits per heavy atom. The summed E-state index contributed by atoms with van der Waals surface area (Å²) >= 11 is 0. The first kappa shape index (κ1) is 17.4. The average molecular weight is 316 g/mol. The van der Waals surface area contributed by atoms with Crippen LogP contribution >= 0.6 is 0 Å². The van der Waals surface area contributed by atoms with Gasteiger partial charge in [-0.3, -0.25) is 4.79 Å². The summed E-state index contributed by atoms with van der Waals surface area (Å²) in [6.45, 7) is 3.97. The highest BCUT2D eigenvalue weighted by molar-refractivity contribution is 5.70. The summed E-state index contributed by atoms with van der Waals surface area (Å²) in [4.78, 5) is 10.5. The van der Waals surface area contributed by atoms with E-state index in [9.17, 15) is 4.79 Å². The van der Waals surface area contributed by atoms with Crippen molar-refractivity contribution in [1.82, 2.24) is 0 Å². The van der Waals surface area contributed by atoms with Crippen LogP contribution < -0.4 is 0 Å². The third-order valence-electron chi connectivity index (χ3n) is 3.60. The fourth-order valence-corrected chi connectivity index (χ4v) is 2.23. The summed E-state index contributed by atoms with van der Waals surface area (Å²) < 4.78 is 16.9. The molecule has 124 valence electrons. The monoisotopic (exact) mass is 316 g/mol. The Labute approximate surface area is 137 Å². The van der Waals surface area contributed by atoms with Gasteiger partial charge in [0, 0.05) is 13.0 Å². The molecule has 0 amide bonds. The second kappa shape index (κ2) is 9.98. The lowest BCUT2D eigenvalue weighted by atomic mass is 10.2. The molecule has 0 aliphatic heterocycles. The van der Waals surface area contributed by atoms with Gasteiger partial charge in [0.15, 0.2) is 12.0 Å². The molecule has 0 bridgehead atoms. The highest BCUT2D eigenvalue weighted by atomic mass is 16.5. The number of aryl methyl sites for hydroxylation is 1. The zero-order valence-electron chi connectivity index (χ0n) is 13.6. The van der Waals surface area contributed by atoms with Crippen molar-refractivity contribution in [3.63, 3.8) is 0 Å². The topological polar surface area (TPSA) is 48.7 Å². The van der Waals surface area contributed by atoms with Crippen molar-refractivity contribution < 1.29 is 18.7 Å². The van der Waals surface area contributed by atoms with Gasteiger partial charge in [0.2, 0.25) is 0 Å². The van der Waals surface area contributed by atoms with E-state index in [4.69, 9.17) is 13.9 Å². The summed E-state index contributed by atoms with van der Waals surface area (Å²) in [7, 11) is 0. The molecule has 2 rings (SSSR count). The molecule has 0 N–H and O–H groups in total. The Bertz CT molecular complexity index is 562. The summed E-state index contributed by atoms with van der Waals surface area (Å²) in [5, 5.41) is 0. The van der Waals surface area contributed by atoms with Crippen LogP contribution in [0.5, 0.6) is 0 Å². The van der Waals surface area contributed by atoms with Crippen molar-refractivity contribution in [3.05, 3.63) is 59.5 Å². The number of ether oxygens (including phenoxy) is 2. The van der Waals surface area contributed by atoms with Crippen LogP contribution in [0.2, 0.25) is 0 Å². The minimum atomic E-state index is 0.112. The zero-order chi connectivity index (χ0) is 16.3. The van der Waals surface area contributed by atoms with E-state index in [1.165, 1.54) is 5.56 Å².